The SMILES string of the molecule is Cc1cccc(NC(=O)NC(=O)CSc2nnnn2C2CCCC2)c1C. The summed E-state index contributed by atoms with van der Waals surface area (Å²) in [5, 5.41) is 17.4. The topological polar surface area (TPSA) is 102 Å². The summed E-state index contributed by atoms with van der Waals surface area (Å²) in [5.74, 6) is -0.313. The Labute approximate surface area is 156 Å². The van der Waals surface area contributed by atoms with Gasteiger partial charge in [0.1, 0.15) is 0 Å². The van der Waals surface area contributed by atoms with Crippen LogP contribution in [0.25, 0.3) is 0 Å². The molecular weight excluding hydrogens is 352 g/mol. The molecule has 0 unspecified atom stereocenters. The first-order valence-electron chi connectivity index (χ1n) is 8.62. The fourth-order valence-corrected chi connectivity index (χ4v) is 3.74. The van der Waals surface area contributed by atoms with Gasteiger partial charge in [-0.05, 0) is 54.3 Å². The molecule has 0 radical (unpaired) electrons. The van der Waals surface area contributed by atoms with Gasteiger partial charge in [-0.25, -0.2) is 9.48 Å². The van der Waals surface area contributed by atoms with Crippen LogP contribution in [0.4, 0.5) is 10.5 Å². The Morgan fingerprint density at radius 3 is 2.81 bits per heavy atom. The van der Waals surface area contributed by atoms with E-state index in [0.29, 0.717) is 16.9 Å². The van der Waals surface area contributed by atoms with E-state index in [0.717, 1.165) is 24.0 Å². The lowest BCUT2D eigenvalue weighted by Crippen LogP contribution is -2.35. The number of carbonyl (C=O) groups is 2. The summed E-state index contributed by atoms with van der Waals surface area (Å²) < 4.78 is 1.79. The smallest absolute Gasteiger partial charge is 0.307 e. The average molecular weight is 374 g/mol. The van der Waals surface area contributed by atoms with Gasteiger partial charge < -0.3 is 5.32 Å². The summed E-state index contributed by atoms with van der Waals surface area (Å²) in [5.41, 5.74) is 2.73. The molecule has 26 heavy (non-hydrogen) atoms. The summed E-state index contributed by atoms with van der Waals surface area (Å²) in [6, 6.07) is 5.40. The van der Waals surface area contributed by atoms with Gasteiger partial charge in [-0.2, -0.15) is 0 Å². The molecule has 0 atom stereocenters. The van der Waals surface area contributed by atoms with Gasteiger partial charge in [-0.3, -0.25) is 10.1 Å². The van der Waals surface area contributed by atoms with Gasteiger partial charge in [0.2, 0.25) is 11.1 Å². The number of rotatable bonds is 5. The van der Waals surface area contributed by atoms with Gasteiger partial charge in [-0.15, -0.1) is 5.10 Å². The molecule has 3 amide bonds. The number of nitrogens with one attached hydrogen (secondary N) is 2. The number of imide groups is 1. The molecular formula is C17H22N6O2S. The standard InChI is InChI=1S/C17H22N6O2S/c1-11-6-5-9-14(12(11)2)18-16(25)19-15(24)10-26-17-20-21-22-23(17)13-7-3-4-8-13/h5-6,9,13H,3-4,7-8,10H2,1-2H3,(H2,18,19,24,25). The van der Waals surface area contributed by atoms with Crippen molar-refractivity contribution in [1.82, 2.24) is 25.5 Å². The molecule has 0 saturated heterocycles. The van der Waals surface area contributed by atoms with Crippen LogP contribution in [-0.2, 0) is 4.79 Å². The molecule has 3 rings (SSSR count). The van der Waals surface area contributed by atoms with Crippen LogP contribution in [-0.4, -0.2) is 37.9 Å². The molecule has 1 fully saturated rings. The van der Waals surface area contributed by atoms with Gasteiger partial charge in [0.15, 0.2) is 0 Å². The summed E-state index contributed by atoms with van der Waals surface area (Å²) in [6.07, 6.45) is 4.47. The Kier molecular flexibility index (Phi) is 5.87. The van der Waals surface area contributed by atoms with Crippen LogP contribution in [0, 0.1) is 13.8 Å². The van der Waals surface area contributed by atoms with Crippen molar-refractivity contribution in [2.45, 2.75) is 50.7 Å². The minimum Gasteiger partial charge on any atom is -0.307 e. The predicted molar refractivity (Wildman–Crippen MR) is 99.1 cm³/mol. The minimum atomic E-state index is -0.542. The summed E-state index contributed by atoms with van der Waals surface area (Å²) in [7, 11) is 0. The molecule has 0 bridgehead atoms. The summed E-state index contributed by atoms with van der Waals surface area (Å²) >= 11 is 1.24. The van der Waals surface area contributed by atoms with E-state index in [1.807, 2.05) is 26.0 Å². The van der Waals surface area contributed by atoms with Crippen molar-refractivity contribution in [1.29, 1.82) is 0 Å². The van der Waals surface area contributed by atoms with Crippen molar-refractivity contribution in [2.24, 2.45) is 0 Å². The third kappa shape index (κ3) is 4.40. The molecule has 1 aliphatic rings. The Bertz CT molecular complexity index is 800. The molecule has 0 aliphatic heterocycles. The largest absolute Gasteiger partial charge is 0.325 e. The second-order valence-corrected chi connectivity index (χ2v) is 7.33. The minimum absolute atomic E-state index is 0.0767. The second-order valence-electron chi connectivity index (χ2n) is 6.38. The molecule has 1 aliphatic carbocycles. The van der Waals surface area contributed by atoms with Gasteiger partial charge in [-0.1, -0.05) is 36.7 Å². The fourth-order valence-electron chi connectivity index (χ4n) is 2.99. The lowest BCUT2D eigenvalue weighted by atomic mass is 10.1. The predicted octanol–water partition coefficient (Wildman–Crippen LogP) is 2.85. The highest BCUT2D eigenvalue weighted by Gasteiger charge is 2.22. The van der Waals surface area contributed by atoms with E-state index in [9.17, 15) is 9.59 Å². The van der Waals surface area contributed by atoms with Crippen LogP contribution in [0.15, 0.2) is 23.4 Å². The van der Waals surface area contributed by atoms with E-state index in [1.54, 1.807) is 10.7 Å². The highest BCUT2D eigenvalue weighted by atomic mass is 32.2. The number of aromatic nitrogens is 4. The van der Waals surface area contributed by atoms with Crippen LogP contribution < -0.4 is 10.6 Å². The van der Waals surface area contributed by atoms with Crippen molar-refractivity contribution in [3.8, 4) is 0 Å². The average Bonchev–Trinajstić information content (AvgIpc) is 3.27. The lowest BCUT2D eigenvalue weighted by molar-refractivity contribution is -0.117. The van der Waals surface area contributed by atoms with Crippen LogP contribution in [0.1, 0.15) is 42.9 Å². The molecule has 1 aromatic carbocycles. The highest BCUT2D eigenvalue weighted by Crippen LogP contribution is 2.31. The number of amides is 3. The van der Waals surface area contributed by atoms with Crippen LogP contribution in [0.2, 0.25) is 0 Å². The summed E-state index contributed by atoms with van der Waals surface area (Å²) in [6.45, 7) is 3.89. The third-order valence-electron chi connectivity index (χ3n) is 4.57. The number of hydrogen-bond acceptors (Lipinski definition) is 6. The number of tetrazole rings is 1. The lowest BCUT2D eigenvalue weighted by Gasteiger charge is -2.11. The zero-order valence-electron chi connectivity index (χ0n) is 14.9. The van der Waals surface area contributed by atoms with E-state index in [2.05, 4.69) is 26.2 Å². The van der Waals surface area contributed by atoms with Gasteiger partial charge in [0.25, 0.3) is 0 Å². The number of thioether (sulfide) groups is 1. The van der Waals surface area contributed by atoms with E-state index >= 15 is 0 Å². The maximum Gasteiger partial charge on any atom is 0.325 e. The normalized spacial score (nSPS) is 14.4. The van der Waals surface area contributed by atoms with Crippen molar-refractivity contribution in [2.75, 3.05) is 11.1 Å². The molecule has 9 heteroatoms. The fraction of sp³-hybridized carbons (Fsp3) is 0.471. The van der Waals surface area contributed by atoms with Crippen molar-refractivity contribution >= 4 is 29.4 Å². The maximum absolute atomic E-state index is 12.1. The quantitative estimate of drug-likeness (QED) is 0.780. The van der Waals surface area contributed by atoms with E-state index in [1.165, 1.54) is 24.6 Å². The van der Waals surface area contributed by atoms with Crippen LogP contribution in [0.5, 0.6) is 0 Å². The van der Waals surface area contributed by atoms with Gasteiger partial charge in [0, 0.05) is 5.69 Å². The Hall–Kier alpha value is -2.42. The molecule has 1 saturated carbocycles. The summed E-state index contributed by atoms with van der Waals surface area (Å²) in [4.78, 5) is 24.1. The zero-order valence-corrected chi connectivity index (χ0v) is 15.7. The van der Waals surface area contributed by atoms with Crippen molar-refractivity contribution < 1.29 is 9.59 Å². The molecule has 1 aromatic heterocycles. The zero-order chi connectivity index (χ0) is 18.5. The third-order valence-corrected chi connectivity index (χ3v) is 5.50. The van der Waals surface area contributed by atoms with Crippen molar-refractivity contribution in [3.63, 3.8) is 0 Å². The number of nitrogens with zero attached hydrogens (tertiary/aromatic N) is 4. The van der Waals surface area contributed by atoms with E-state index in [4.69, 9.17) is 0 Å². The van der Waals surface area contributed by atoms with Crippen molar-refractivity contribution in [3.05, 3.63) is 29.3 Å². The molecule has 138 valence electrons. The van der Waals surface area contributed by atoms with Crippen LogP contribution >= 0.6 is 11.8 Å². The molecule has 2 aromatic rings. The monoisotopic (exact) mass is 374 g/mol. The van der Waals surface area contributed by atoms with Gasteiger partial charge >= 0.3 is 6.03 Å². The highest BCUT2D eigenvalue weighted by molar-refractivity contribution is 7.99. The van der Waals surface area contributed by atoms with E-state index < -0.39 is 11.9 Å². The molecule has 0 spiro atoms. The Balaban J connectivity index is 1.51. The molecule has 1 heterocycles. The first kappa shape index (κ1) is 18.4. The van der Waals surface area contributed by atoms with E-state index in [-0.39, 0.29) is 5.75 Å². The van der Waals surface area contributed by atoms with Crippen LogP contribution in [0.3, 0.4) is 0 Å². The van der Waals surface area contributed by atoms with Gasteiger partial charge in [0.05, 0.1) is 11.8 Å². The number of benzene rings is 1. The first-order chi connectivity index (χ1) is 12.5. The number of anilines is 1. The number of hydrogen-bond donors (Lipinski definition) is 2. The maximum atomic E-state index is 12.1. The first-order valence-corrected chi connectivity index (χ1v) is 9.61. The number of urea groups is 1. The second kappa shape index (κ2) is 8.31. The number of aryl methyl sites for hydroxylation is 1. The molecule has 8 nitrogen and oxygen atoms in total. The Morgan fingerprint density at radius 1 is 1.27 bits per heavy atom. The Morgan fingerprint density at radius 2 is 2.04 bits per heavy atom. The number of carbonyl (C=O) groups excluding carboxylic acids is 2. The molecule has 2 N–H and O–H groups in total.